The van der Waals surface area contributed by atoms with E-state index in [0.29, 0.717) is 0 Å². The van der Waals surface area contributed by atoms with Crippen molar-refractivity contribution in [3.8, 4) is 0 Å². The predicted octanol–water partition coefficient (Wildman–Crippen LogP) is 2.32. The second-order valence-electron chi connectivity index (χ2n) is 4.41. The van der Waals surface area contributed by atoms with Gasteiger partial charge in [0.05, 0.1) is 0 Å². The van der Waals surface area contributed by atoms with Gasteiger partial charge < -0.3 is 9.90 Å². The number of benzene rings is 2. The first-order valence-corrected chi connectivity index (χ1v) is 6.01. The van der Waals surface area contributed by atoms with Crippen molar-refractivity contribution >= 4 is 5.97 Å². The molecule has 0 aliphatic heterocycles. The van der Waals surface area contributed by atoms with Gasteiger partial charge in [0.25, 0.3) is 0 Å². The molecule has 0 heterocycles. The van der Waals surface area contributed by atoms with Crippen LogP contribution in [-0.4, -0.2) is 5.97 Å². The molecule has 0 bridgehead atoms. The van der Waals surface area contributed by atoms with E-state index in [1.807, 2.05) is 67.6 Å². The molecule has 0 aliphatic carbocycles. The van der Waals surface area contributed by atoms with Crippen LogP contribution in [0.1, 0.15) is 29.9 Å². The molecule has 0 aliphatic rings. The number of carboxylic acid groups (broad SMARTS) is 1. The summed E-state index contributed by atoms with van der Waals surface area (Å²) in [4.78, 5) is 11.4. The van der Waals surface area contributed by atoms with E-state index >= 15 is 0 Å². The van der Waals surface area contributed by atoms with Crippen LogP contribution in [0.25, 0.3) is 0 Å². The first-order valence-electron chi connectivity index (χ1n) is 6.01. The van der Waals surface area contributed by atoms with Crippen molar-refractivity contribution in [2.45, 2.75) is 18.8 Å². The minimum absolute atomic E-state index is 0.112. The Morgan fingerprint density at radius 2 is 1.33 bits per heavy atom. The van der Waals surface area contributed by atoms with Crippen molar-refractivity contribution in [2.75, 3.05) is 0 Å². The molecular weight excluding hydrogens is 224 g/mol. The number of hydrogen-bond donors (Lipinski definition) is 0. The van der Waals surface area contributed by atoms with Gasteiger partial charge in [-0.3, -0.25) is 0 Å². The van der Waals surface area contributed by atoms with Crippen LogP contribution in [0.15, 0.2) is 60.7 Å². The number of carboxylic acids is 1. The number of hydrogen-bond acceptors (Lipinski definition) is 2. The summed E-state index contributed by atoms with van der Waals surface area (Å²) in [6.07, 6.45) is 0. The van der Waals surface area contributed by atoms with Crippen molar-refractivity contribution in [3.05, 3.63) is 71.8 Å². The average Bonchev–Trinajstić information content (AvgIpc) is 2.40. The molecule has 92 valence electrons. The highest BCUT2D eigenvalue weighted by atomic mass is 16.4. The molecule has 2 heteroatoms. The maximum atomic E-state index is 11.4. The fraction of sp³-hybridized carbons (Fsp3) is 0.188. The lowest BCUT2D eigenvalue weighted by Gasteiger charge is -2.25. The van der Waals surface area contributed by atoms with E-state index in [4.69, 9.17) is 0 Å². The van der Waals surface area contributed by atoms with E-state index in [9.17, 15) is 9.90 Å². The molecule has 0 spiro atoms. The van der Waals surface area contributed by atoms with Crippen LogP contribution < -0.4 is 5.11 Å². The smallest absolute Gasteiger partial charge is 0.0495 e. The molecule has 0 saturated carbocycles. The van der Waals surface area contributed by atoms with E-state index < -0.39 is 11.9 Å². The van der Waals surface area contributed by atoms with Gasteiger partial charge in [-0.15, -0.1) is 0 Å². The zero-order chi connectivity index (χ0) is 13.0. The molecule has 2 atom stereocenters. The van der Waals surface area contributed by atoms with Crippen LogP contribution in [-0.2, 0) is 4.79 Å². The third-order valence-electron chi connectivity index (χ3n) is 3.24. The molecule has 18 heavy (non-hydrogen) atoms. The summed E-state index contributed by atoms with van der Waals surface area (Å²) in [7, 11) is 0. The lowest BCUT2D eigenvalue weighted by atomic mass is 9.83. The Kier molecular flexibility index (Phi) is 3.78. The number of rotatable bonds is 4. The van der Waals surface area contributed by atoms with Crippen molar-refractivity contribution in [2.24, 2.45) is 0 Å². The third kappa shape index (κ3) is 2.59. The first-order chi connectivity index (χ1) is 8.70. The van der Waals surface area contributed by atoms with Gasteiger partial charge in [-0.05, 0) is 17.0 Å². The maximum absolute atomic E-state index is 11.4. The van der Waals surface area contributed by atoms with Gasteiger partial charge in [-0.1, -0.05) is 67.6 Å². The standard InChI is InChI=1S/C16H16O2/c1-12(13-8-4-2-5-9-13)15(16(17)18)14-10-6-3-7-11-14/h2-12,15H,1H3,(H,17,18)/p-1/t12-,15+/m1/s1. The zero-order valence-electron chi connectivity index (χ0n) is 10.2. The summed E-state index contributed by atoms with van der Waals surface area (Å²) in [6, 6.07) is 18.9. The Bertz CT molecular complexity index is 505. The minimum atomic E-state index is -1.03. The summed E-state index contributed by atoms with van der Waals surface area (Å²) in [5.41, 5.74) is 1.80. The van der Waals surface area contributed by atoms with Crippen LogP contribution in [0.5, 0.6) is 0 Å². The highest BCUT2D eigenvalue weighted by molar-refractivity contribution is 5.75. The van der Waals surface area contributed by atoms with E-state index in [1.165, 1.54) is 0 Å². The molecule has 0 aromatic heterocycles. The normalized spacial score (nSPS) is 13.8. The SMILES string of the molecule is C[C@H](c1ccccc1)[C@H](C(=O)[O-])c1ccccc1. The Morgan fingerprint density at radius 1 is 0.889 bits per heavy atom. The van der Waals surface area contributed by atoms with Gasteiger partial charge in [0.2, 0.25) is 0 Å². The molecule has 2 aromatic carbocycles. The van der Waals surface area contributed by atoms with Gasteiger partial charge in [-0.25, -0.2) is 0 Å². The molecule has 2 rings (SSSR count). The van der Waals surface area contributed by atoms with Crippen molar-refractivity contribution < 1.29 is 9.90 Å². The Hall–Kier alpha value is -2.09. The molecular formula is C16H15O2-. The largest absolute Gasteiger partial charge is 0.549 e. The maximum Gasteiger partial charge on any atom is 0.0495 e. The van der Waals surface area contributed by atoms with Crippen LogP contribution in [0.3, 0.4) is 0 Å². The Balaban J connectivity index is 2.35. The molecule has 0 saturated heterocycles. The fourth-order valence-electron chi connectivity index (χ4n) is 2.24. The summed E-state index contributed by atoms with van der Waals surface area (Å²) >= 11 is 0. The van der Waals surface area contributed by atoms with Gasteiger partial charge in [0.1, 0.15) is 0 Å². The second-order valence-corrected chi connectivity index (χ2v) is 4.41. The van der Waals surface area contributed by atoms with Gasteiger partial charge in [-0.2, -0.15) is 0 Å². The van der Waals surface area contributed by atoms with Crippen molar-refractivity contribution in [1.29, 1.82) is 0 Å². The Labute approximate surface area is 107 Å². The monoisotopic (exact) mass is 239 g/mol. The molecule has 0 fully saturated rings. The molecule has 2 aromatic rings. The second kappa shape index (κ2) is 5.50. The zero-order valence-corrected chi connectivity index (χ0v) is 10.2. The molecule has 0 radical (unpaired) electrons. The summed E-state index contributed by atoms with van der Waals surface area (Å²) in [5, 5.41) is 11.4. The highest BCUT2D eigenvalue weighted by Crippen LogP contribution is 2.32. The van der Waals surface area contributed by atoms with Crippen LogP contribution in [0.2, 0.25) is 0 Å². The van der Waals surface area contributed by atoms with Crippen LogP contribution >= 0.6 is 0 Å². The fourth-order valence-corrected chi connectivity index (χ4v) is 2.24. The number of carbonyl (C=O) groups excluding carboxylic acids is 1. The van der Waals surface area contributed by atoms with Crippen molar-refractivity contribution in [3.63, 3.8) is 0 Å². The Morgan fingerprint density at radius 3 is 1.78 bits per heavy atom. The summed E-state index contributed by atoms with van der Waals surface area (Å²) in [6.45, 7) is 1.92. The lowest BCUT2D eigenvalue weighted by Crippen LogP contribution is -2.32. The number of carbonyl (C=O) groups is 1. The summed E-state index contributed by atoms with van der Waals surface area (Å²) in [5.74, 6) is -1.76. The molecule has 2 nitrogen and oxygen atoms in total. The molecule has 0 amide bonds. The van der Waals surface area contributed by atoms with Crippen LogP contribution in [0, 0.1) is 0 Å². The van der Waals surface area contributed by atoms with Gasteiger partial charge in [0.15, 0.2) is 0 Å². The molecule has 0 unspecified atom stereocenters. The average molecular weight is 239 g/mol. The summed E-state index contributed by atoms with van der Waals surface area (Å²) < 4.78 is 0. The van der Waals surface area contributed by atoms with E-state index in [-0.39, 0.29) is 5.92 Å². The highest BCUT2D eigenvalue weighted by Gasteiger charge is 2.21. The first kappa shape index (κ1) is 12.4. The van der Waals surface area contributed by atoms with Crippen LogP contribution in [0.4, 0.5) is 0 Å². The topological polar surface area (TPSA) is 40.1 Å². The lowest BCUT2D eigenvalue weighted by molar-refractivity contribution is -0.308. The van der Waals surface area contributed by atoms with Gasteiger partial charge in [0, 0.05) is 11.9 Å². The molecule has 0 N–H and O–H groups in total. The van der Waals surface area contributed by atoms with E-state index in [1.54, 1.807) is 0 Å². The number of aliphatic carboxylic acids is 1. The van der Waals surface area contributed by atoms with E-state index in [2.05, 4.69) is 0 Å². The quantitative estimate of drug-likeness (QED) is 0.821. The van der Waals surface area contributed by atoms with Crippen molar-refractivity contribution in [1.82, 2.24) is 0 Å². The minimum Gasteiger partial charge on any atom is -0.549 e. The van der Waals surface area contributed by atoms with Gasteiger partial charge >= 0.3 is 0 Å². The third-order valence-corrected chi connectivity index (χ3v) is 3.24. The van der Waals surface area contributed by atoms with E-state index in [0.717, 1.165) is 11.1 Å². The predicted molar refractivity (Wildman–Crippen MR) is 69.0 cm³/mol.